The van der Waals surface area contributed by atoms with E-state index in [1.165, 1.54) is 11.3 Å². The van der Waals surface area contributed by atoms with Gasteiger partial charge in [0.1, 0.15) is 4.88 Å². The van der Waals surface area contributed by atoms with Gasteiger partial charge in [-0.2, -0.15) is 0 Å². The van der Waals surface area contributed by atoms with Gasteiger partial charge in [-0.1, -0.05) is 6.07 Å². The molecule has 2 N–H and O–H groups in total. The highest BCUT2D eigenvalue weighted by molar-refractivity contribution is 7.11. The van der Waals surface area contributed by atoms with E-state index >= 15 is 0 Å². The molecule has 0 fully saturated rings. The van der Waals surface area contributed by atoms with Gasteiger partial charge in [-0.05, 0) is 11.4 Å². The zero-order valence-corrected chi connectivity index (χ0v) is 9.90. The standard InChI is InChI=1S/C5H12O3.C5H4O2S/c1-7-4-5-8-3-2-6;6-5(7)4-2-1-3-8-4/h6H,2-5H2,1H3;1-3H,(H,6,7). The lowest BCUT2D eigenvalue weighted by molar-refractivity contribution is 0.0500. The lowest BCUT2D eigenvalue weighted by Crippen LogP contribution is -2.05. The Bertz CT molecular complexity index is 254. The maximum absolute atomic E-state index is 10.1. The zero-order chi connectivity index (χ0) is 12.2. The van der Waals surface area contributed by atoms with Crippen molar-refractivity contribution in [2.24, 2.45) is 0 Å². The molecule has 1 heterocycles. The minimum absolute atomic E-state index is 0.0870. The molecule has 0 aromatic carbocycles. The third kappa shape index (κ3) is 8.37. The third-order valence-electron chi connectivity index (χ3n) is 1.40. The van der Waals surface area contributed by atoms with Crippen LogP contribution in [0.15, 0.2) is 17.5 Å². The van der Waals surface area contributed by atoms with Gasteiger partial charge in [0.05, 0.1) is 26.4 Å². The monoisotopic (exact) mass is 248 g/mol. The Labute approximate surface area is 98.2 Å². The van der Waals surface area contributed by atoms with Crippen molar-refractivity contribution in [3.05, 3.63) is 22.4 Å². The van der Waals surface area contributed by atoms with E-state index in [1.54, 1.807) is 24.6 Å². The number of aromatic carboxylic acids is 1. The summed E-state index contributed by atoms with van der Waals surface area (Å²) >= 11 is 1.23. The highest BCUT2D eigenvalue weighted by atomic mass is 32.1. The van der Waals surface area contributed by atoms with Crippen molar-refractivity contribution < 1.29 is 24.5 Å². The lowest BCUT2D eigenvalue weighted by atomic mass is 10.5. The number of carbonyl (C=O) groups is 1. The maximum Gasteiger partial charge on any atom is 0.345 e. The number of thiophene rings is 1. The molecule has 0 radical (unpaired) electrons. The minimum Gasteiger partial charge on any atom is -0.477 e. The molecule has 1 rings (SSSR count). The first-order valence-corrected chi connectivity index (χ1v) is 5.54. The van der Waals surface area contributed by atoms with Crippen LogP contribution in [-0.4, -0.2) is 49.7 Å². The highest BCUT2D eigenvalue weighted by Crippen LogP contribution is 2.06. The topological polar surface area (TPSA) is 76.0 Å². The van der Waals surface area contributed by atoms with Gasteiger partial charge in [-0.3, -0.25) is 0 Å². The van der Waals surface area contributed by atoms with E-state index in [4.69, 9.17) is 14.9 Å². The molecule has 0 aliphatic rings. The molecule has 16 heavy (non-hydrogen) atoms. The molecule has 0 bridgehead atoms. The maximum atomic E-state index is 10.1. The summed E-state index contributed by atoms with van der Waals surface area (Å²) in [6, 6.07) is 3.29. The number of hydrogen-bond donors (Lipinski definition) is 2. The zero-order valence-electron chi connectivity index (χ0n) is 9.09. The Hall–Kier alpha value is -0.950. The quantitative estimate of drug-likeness (QED) is 0.737. The molecule has 0 saturated heterocycles. The molecule has 5 nitrogen and oxygen atoms in total. The lowest BCUT2D eigenvalue weighted by Gasteiger charge is -1.98. The molecule has 0 saturated carbocycles. The highest BCUT2D eigenvalue weighted by Gasteiger charge is 1.99. The Balaban J connectivity index is 0.000000281. The van der Waals surface area contributed by atoms with E-state index < -0.39 is 5.97 Å². The number of aliphatic hydroxyl groups excluding tert-OH is 1. The first-order valence-electron chi connectivity index (χ1n) is 4.66. The Morgan fingerprint density at radius 2 is 2.19 bits per heavy atom. The van der Waals surface area contributed by atoms with Crippen molar-refractivity contribution in [2.75, 3.05) is 33.5 Å². The molecule has 0 atom stereocenters. The SMILES string of the molecule is COCCOCCO.O=C(O)c1cccs1. The second kappa shape index (κ2) is 10.6. The Morgan fingerprint density at radius 1 is 1.44 bits per heavy atom. The van der Waals surface area contributed by atoms with E-state index in [9.17, 15) is 4.79 Å². The molecular formula is C10H16O5S. The largest absolute Gasteiger partial charge is 0.477 e. The summed E-state index contributed by atoms with van der Waals surface area (Å²) in [4.78, 5) is 10.5. The third-order valence-corrected chi connectivity index (χ3v) is 2.26. The number of hydrogen-bond acceptors (Lipinski definition) is 5. The summed E-state index contributed by atoms with van der Waals surface area (Å²) in [6.45, 7) is 1.66. The molecule has 6 heteroatoms. The number of ether oxygens (including phenoxy) is 2. The van der Waals surface area contributed by atoms with Crippen LogP contribution in [0.25, 0.3) is 0 Å². The van der Waals surface area contributed by atoms with Gasteiger partial charge in [-0.15, -0.1) is 11.3 Å². The summed E-state index contributed by atoms with van der Waals surface area (Å²) in [5.74, 6) is -0.847. The predicted octanol–water partition coefficient (Wildman–Crippen LogP) is 1.09. The smallest absolute Gasteiger partial charge is 0.345 e. The molecule has 0 amide bonds. The molecule has 0 spiro atoms. The van der Waals surface area contributed by atoms with E-state index in [0.717, 1.165) is 0 Å². The molecule has 0 aliphatic heterocycles. The van der Waals surface area contributed by atoms with Crippen LogP contribution in [0.4, 0.5) is 0 Å². The first kappa shape index (κ1) is 15.0. The van der Waals surface area contributed by atoms with E-state index in [2.05, 4.69) is 4.74 Å². The van der Waals surface area contributed by atoms with E-state index in [0.29, 0.717) is 24.7 Å². The van der Waals surface area contributed by atoms with Crippen LogP contribution in [0.2, 0.25) is 0 Å². The summed E-state index contributed by atoms with van der Waals surface area (Å²) in [6.07, 6.45) is 0. The number of aliphatic hydroxyl groups is 1. The Kier molecular flexibility index (Phi) is 9.94. The minimum atomic E-state index is -0.847. The summed E-state index contributed by atoms with van der Waals surface area (Å²) in [7, 11) is 1.61. The van der Waals surface area contributed by atoms with Crippen LogP contribution in [-0.2, 0) is 9.47 Å². The number of rotatable bonds is 6. The van der Waals surface area contributed by atoms with E-state index in [1.807, 2.05) is 0 Å². The molecule has 1 aromatic heterocycles. The average molecular weight is 248 g/mol. The second-order valence-corrected chi connectivity index (χ2v) is 3.56. The van der Waals surface area contributed by atoms with Crippen LogP contribution >= 0.6 is 11.3 Å². The fourth-order valence-electron chi connectivity index (χ4n) is 0.709. The van der Waals surface area contributed by atoms with Crippen LogP contribution < -0.4 is 0 Å². The number of carboxylic acid groups (broad SMARTS) is 1. The molecule has 0 aliphatic carbocycles. The van der Waals surface area contributed by atoms with E-state index in [-0.39, 0.29) is 6.61 Å². The van der Waals surface area contributed by atoms with Crippen molar-refractivity contribution in [3.8, 4) is 0 Å². The second-order valence-electron chi connectivity index (χ2n) is 2.61. The fraction of sp³-hybridized carbons (Fsp3) is 0.500. The van der Waals surface area contributed by atoms with Gasteiger partial charge < -0.3 is 19.7 Å². The summed E-state index contributed by atoms with van der Waals surface area (Å²) in [5, 5.41) is 18.2. The van der Waals surface area contributed by atoms with Gasteiger partial charge in [0.15, 0.2) is 0 Å². The van der Waals surface area contributed by atoms with Gasteiger partial charge >= 0.3 is 5.97 Å². The number of methoxy groups -OCH3 is 1. The number of carboxylic acids is 1. The average Bonchev–Trinajstić information content (AvgIpc) is 2.79. The van der Waals surface area contributed by atoms with Crippen molar-refractivity contribution >= 4 is 17.3 Å². The molecule has 92 valence electrons. The van der Waals surface area contributed by atoms with Crippen LogP contribution in [0.3, 0.4) is 0 Å². The van der Waals surface area contributed by atoms with Crippen molar-refractivity contribution in [1.29, 1.82) is 0 Å². The van der Waals surface area contributed by atoms with Gasteiger partial charge in [0, 0.05) is 7.11 Å². The van der Waals surface area contributed by atoms with Crippen LogP contribution in [0.5, 0.6) is 0 Å². The Morgan fingerprint density at radius 3 is 2.56 bits per heavy atom. The van der Waals surface area contributed by atoms with Gasteiger partial charge in [-0.25, -0.2) is 4.79 Å². The summed E-state index contributed by atoms with van der Waals surface area (Å²) in [5.41, 5.74) is 0. The normalized spacial score (nSPS) is 9.38. The van der Waals surface area contributed by atoms with Crippen LogP contribution in [0, 0.1) is 0 Å². The van der Waals surface area contributed by atoms with Crippen LogP contribution in [0.1, 0.15) is 9.67 Å². The van der Waals surface area contributed by atoms with Crippen molar-refractivity contribution in [2.45, 2.75) is 0 Å². The predicted molar refractivity (Wildman–Crippen MR) is 61.1 cm³/mol. The fourth-order valence-corrected chi connectivity index (χ4v) is 1.27. The molecule has 1 aromatic rings. The first-order chi connectivity index (χ1) is 7.72. The van der Waals surface area contributed by atoms with Crippen molar-refractivity contribution in [3.63, 3.8) is 0 Å². The van der Waals surface area contributed by atoms with Gasteiger partial charge in [0.25, 0.3) is 0 Å². The molecular weight excluding hydrogens is 232 g/mol. The molecule has 0 unspecified atom stereocenters. The summed E-state index contributed by atoms with van der Waals surface area (Å²) < 4.78 is 9.53. The van der Waals surface area contributed by atoms with Crippen molar-refractivity contribution in [1.82, 2.24) is 0 Å². The van der Waals surface area contributed by atoms with Gasteiger partial charge in [0.2, 0.25) is 0 Å².